The third kappa shape index (κ3) is 5.56. The zero-order valence-electron chi connectivity index (χ0n) is 16.8. The molecule has 2 fully saturated rings. The van der Waals surface area contributed by atoms with Gasteiger partial charge < -0.3 is 31.6 Å². The summed E-state index contributed by atoms with van der Waals surface area (Å²) >= 11 is 0. The molecule has 2 atom stereocenters. The fraction of sp³-hybridized carbons (Fsp3) is 0.450. The van der Waals surface area contributed by atoms with Crippen molar-refractivity contribution in [2.24, 2.45) is 21.5 Å². The molecule has 3 aliphatic rings. The van der Waals surface area contributed by atoms with Gasteiger partial charge in [-0.25, -0.2) is 18.8 Å². The van der Waals surface area contributed by atoms with E-state index in [-0.39, 0.29) is 18.0 Å². The van der Waals surface area contributed by atoms with Gasteiger partial charge in [0, 0.05) is 42.4 Å². The molecular weight excluding hydrogens is 408 g/mol. The van der Waals surface area contributed by atoms with Crippen molar-refractivity contribution in [3.8, 4) is 5.75 Å². The van der Waals surface area contributed by atoms with Gasteiger partial charge in [0.15, 0.2) is 5.84 Å². The van der Waals surface area contributed by atoms with Gasteiger partial charge in [-0.15, -0.1) is 0 Å². The molecule has 0 bridgehead atoms. The van der Waals surface area contributed by atoms with Crippen LogP contribution in [0.2, 0.25) is 0 Å². The summed E-state index contributed by atoms with van der Waals surface area (Å²) in [6, 6.07) is 1.70. The fourth-order valence-electron chi connectivity index (χ4n) is 2.99. The van der Waals surface area contributed by atoms with Gasteiger partial charge in [-0.05, 0) is 25.3 Å². The van der Waals surface area contributed by atoms with Gasteiger partial charge in [0.05, 0.1) is 18.8 Å². The van der Waals surface area contributed by atoms with E-state index in [0.29, 0.717) is 29.2 Å². The minimum Gasteiger partial charge on any atom is -0.490 e. The number of ether oxygens (including phenoxy) is 2. The van der Waals surface area contributed by atoms with E-state index in [2.05, 4.69) is 25.6 Å². The van der Waals surface area contributed by atoms with Crippen LogP contribution < -0.4 is 26.8 Å². The first-order valence-electron chi connectivity index (χ1n) is 10.1. The first-order chi connectivity index (χ1) is 15.0. The average molecular weight is 433 g/mol. The Balaban J connectivity index is 1.51. The maximum absolute atomic E-state index is 13.0. The van der Waals surface area contributed by atoms with Gasteiger partial charge in [-0.3, -0.25) is 4.99 Å². The lowest BCUT2D eigenvalue weighted by Gasteiger charge is -2.24. The maximum Gasteiger partial charge on any atom is 0.295 e. The third-order valence-corrected chi connectivity index (χ3v) is 4.87. The molecule has 1 aliphatic carbocycles. The predicted molar refractivity (Wildman–Crippen MR) is 114 cm³/mol. The Kier molecular flexibility index (Phi) is 6.42. The van der Waals surface area contributed by atoms with Crippen LogP contribution in [0.15, 0.2) is 40.3 Å². The Labute approximate surface area is 178 Å². The SMILES string of the molecule is N/C=C(\C=NCC1CCO1)c1cnc(NC2=CC(N)N=C(C(F)F)N2)cc1OC1CC1. The second-order valence-electron chi connectivity index (χ2n) is 7.42. The molecule has 1 aromatic heterocycles. The molecule has 11 heteroatoms. The normalized spacial score (nSPS) is 23.8. The summed E-state index contributed by atoms with van der Waals surface area (Å²) in [4.78, 5) is 12.4. The summed E-state index contributed by atoms with van der Waals surface area (Å²) in [5.41, 5.74) is 12.9. The Morgan fingerprint density at radius 3 is 2.87 bits per heavy atom. The van der Waals surface area contributed by atoms with Crippen LogP contribution in [0.4, 0.5) is 14.6 Å². The number of aliphatic imine (C=N–C) groups is 2. The van der Waals surface area contributed by atoms with Crippen LogP contribution in [-0.4, -0.2) is 55.0 Å². The number of hydrogen-bond acceptors (Lipinski definition) is 9. The topological polar surface area (TPSA) is 132 Å². The van der Waals surface area contributed by atoms with Gasteiger partial charge >= 0.3 is 0 Å². The highest BCUT2D eigenvalue weighted by Crippen LogP contribution is 2.33. The van der Waals surface area contributed by atoms with Gasteiger partial charge in [-0.2, -0.15) is 0 Å². The highest BCUT2D eigenvalue weighted by Gasteiger charge is 2.26. The van der Waals surface area contributed by atoms with Crippen LogP contribution in [0.1, 0.15) is 24.8 Å². The first-order valence-corrected chi connectivity index (χ1v) is 10.1. The largest absolute Gasteiger partial charge is 0.490 e. The number of pyridine rings is 1. The van der Waals surface area contributed by atoms with E-state index in [1.54, 1.807) is 18.5 Å². The van der Waals surface area contributed by atoms with Crippen LogP contribution in [0.25, 0.3) is 5.57 Å². The minimum absolute atomic E-state index is 0.131. The number of nitrogens with one attached hydrogen (secondary N) is 2. The van der Waals surface area contributed by atoms with Crippen molar-refractivity contribution in [3.05, 3.63) is 35.9 Å². The highest BCUT2D eigenvalue weighted by molar-refractivity contribution is 6.10. The number of nitrogens with zero attached hydrogens (tertiary/aromatic N) is 3. The zero-order valence-corrected chi connectivity index (χ0v) is 16.8. The number of allylic oxidation sites excluding steroid dienone is 1. The number of anilines is 1. The van der Waals surface area contributed by atoms with E-state index in [9.17, 15) is 8.78 Å². The van der Waals surface area contributed by atoms with Crippen molar-refractivity contribution in [2.75, 3.05) is 18.5 Å². The van der Waals surface area contributed by atoms with E-state index >= 15 is 0 Å². The lowest BCUT2D eigenvalue weighted by Crippen LogP contribution is -2.39. The van der Waals surface area contributed by atoms with Crippen molar-refractivity contribution in [3.63, 3.8) is 0 Å². The number of hydrogen-bond donors (Lipinski definition) is 4. The van der Waals surface area contributed by atoms with E-state index in [0.717, 1.165) is 25.9 Å². The summed E-state index contributed by atoms with van der Waals surface area (Å²) < 4.78 is 37.4. The summed E-state index contributed by atoms with van der Waals surface area (Å²) in [5, 5.41) is 5.48. The monoisotopic (exact) mass is 433 g/mol. The molecule has 166 valence electrons. The molecule has 2 aliphatic heterocycles. The van der Waals surface area contributed by atoms with Gasteiger partial charge in [-0.1, -0.05) is 0 Å². The molecular formula is C20H25F2N7O2. The lowest BCUT2D eigenvalue weighted by atomic mass is 10.1. The van der Waals surface area contributed by atoms with Gasteiger partial charge in [0.2, 0.25) is 0 Å². The number of alkyl halides is 2. The van der Waals surface area contributed by atoms with Crippen molar-refractivity contribution >= 4 is 23.4 Å². The molecule has 31 heavy (non-hydrogen) atoms. The Morgan fingerprint density at radius 2 is 2.23 bits per heavy atom. The van der Waals surface area contributed by atoms with E-state index in [4.69, 9.17) is 20.9 Å². The van der Waals surface area contributed by atoms with Crippen molar-refractivity contribution in [2.45, 2.75) is 44.1 Å². The van der Waals surface area contributed by atoms with E-state index in [1.807, 2.05) is 0 Å². The molecule has 0 spiro atoms. The molecule has 1 saturated carbocycles. The highest BCUT2D eigenvalue weighted by atomic mass is 19.3. The Bertz CT molecular complexity index is 924. The van der Waals surface area contributed by atoms with Crippen LogP contribution >= 0.6 is 0 Å². The van der Waals surface area contributed by atoms with E-state index in [1.165, 1.54) is 12.3 Å². The summed E-state index contributed by atoms with van der Waals surface area (Å²) in [5.74, 6) is 0.749. The second kappa shape index (κ2) is 9.40. The molecule has 4 rings (SSSR count). The van der Waals surface area contributed by atoms with Crippen molar-refractivity contribution < 1.29 is 18.3 Å². The van der Waals surface area contributed by atoms with Crippen LogP contribution in [0.5, 0.6) is 5.75 Å². The third-order valence-electron chi connectivity index (χ3n) is 4.87. The molecule has 0 aromatic carbocycles. The van der Waals surface area contributed by atoms with Crippen LogP contribution in [-0.2, 0) is 4.74 Å². The lowest BCUT2D eigenvalue weighted by molar-refractivity contribution is -0.0431. The number of nitrogens with two attached hydrogens (primary N) is 2. The maximum atomic E-state index is 13.0. The molecule has 3 heterocycles. The molecule has 2 unspecified atom stereocenters. The number of amidine groups is 1. The Hall–Kier alpha value is -3.05. The first kappa shape index (κ1) is 21.2. The van der Waals surface area contributed by atoms with Crippen molar-refractivity contribution in [1.82, 2.24) is 10.3 Å². The minimum atomic E-state index is -2.76. The molecule has 0 amide bonds. The number of aromatic nitrogens is 1. The van der Waals surface area contributed by atoms with Gasteiger partial charge in [0.25, 0.3) is 6.43 Å². The van der Waals surface area contributed by atoms with Crippen LogP contribution in [0.3, 0.4) is 0 Å². The molecule has 9 nitrogen and oxygen atoms in total. The fourth-order valence-corrected chi connectivity index (χ4v) is 2.99. The summed E-state index contributed by atoms with van der Waals surface area (Å²) in [6.07, 6.45) is 5.81. The molecule has 1 aromatic rings. The zero-order chi connectivity index (χ0) is 21.8. The molecule has 6 N–H and O–H groups in total. The quantitative estimate of drug-likeness (QED) is 0.435. The Morgan fingerprint density at radius 1 is 1.42 bits per heavy atom. The number of halogens is 2. The second-order valence-corrected chi connectivity index (χ2v) is 7.42. The van der Waals surface area contributed by atoms with Crippen LogP contribution in [0, 0.1) is 0 Å². The molecule has 0 radical (unpaired) electrons. The summed E-state index contributed by atoms with van der Waals surface area (Å²) in [6.45, 7) is 1.34. The standard InChI is InChI=1S/C20H25F2N7O2/c21-19(22)20-27-16(24)6-18(29-20)28-17-5-15(31-12-1-2-12)14(10-26-17)11(7-23)8-25-9-13-3-4-30-13/h5-8,10,12-13,16,19H,1-4,9,23-24H2,(H,26,28)(H,27,29)/b11-7+,25-8?. The van der Waals surface area contributed by atoms with Gasteiger partial charge in [0.1, 0.15) is 23.6 Å². The summed E-state index contributed by atoms with van der Waals surface area (Å²) in [7, 11) is 0. The molecule has 1 saturated heterocycles. The van der Waals surface area contributed by atoms with E-state index < -0.39 is 18.4 Å². The average Bonchev–Trinajstić information content (AvgIpc) is 3.51. The smallest absolute Gasteiger partial charge is 0.295 e. The van der Waals surface area contributed by atoms with Crippen molar-refractivity contribution in [1.29, 1.82) is 0 Å². The number of rotatable bonds is 9. The predicted octanol–water partition coefficient (Wildman–Crippen LogP) is 1.59.